The lowest BCUT2D eigenvalue weighted by atomic mass is 10.1. The third-order valence-electron chi connectivity index (χ3n) is 3.34. The highest BCUT2D eigenvalue weighted by atomic mass is 35.5. The van der Waals surface area contributed by atoms with Gasteiger partial charge in [0.25, 0.3) is 0 Å². The molecule has 4 nitrogen and oxygen atoms in total. The van der Waals surface area contributed by atoms with Crippen LogP contribution in [0.1, 0.15) is 25.0 Å². The molecule has 0 atom stereocenters. The molecule has 1 N–H and O–H groups in total. The Morgan fingerprint density at radius 3 is 2.60 bits per heavy atom. The summed E-state index contributed by atoms with van der Waals surface area (Å²) in [4.78, 5) is 12.0. The van der Waals surface area contributed by atoms with Gasteiger partial charge in [-0.1, -0.05) is 41.9 Å². The Bertz CT molecular complexity index is 742. The van der Waals surface area contributed by atoms with Gasteiger partial charge in [-0.3, -0.25) is 4.79 Å². The van der Waals surface area contributed by atoms with Gasteiger partial charge in [-0.15, -0.1) is 0 Å². The van der Waals surface area contributed by atoms with E-state index in [-0.39, 0.29) is 12.0 Å². The summed E-state index contributed by atoms with van der Waals surface area (Å²) in [6.45, 7) is 4.32. The van der Waals surface area contributed by atoms with Crippen molar-refractivity contribution in [1.29, 1.82) is 0 Å². The van der Waals surface area contributed by atoms with Crippen LogP contribution in [0.3, 0.4) is 0 Å². The van der Waals surface area contributed by atoms with Crippen molar-refractivity contribution in [3.05, 3.63) is 64.7 Å². The summed E-state index contributed by atoms with van der Waals surface area (Å²) in [5, 5.41) is 3.28. The van der Waals surface area contributed by atoms with Crippen molar-refractivity contribution in [3.8, 4) is 11.5 Å². The molecule has 0 aromatic heterocycles. The van der Waals surface area contributed by atoms with Crippen LogP contribution >= 0.6 is 11.6 Å². The van der Waals surface area contributed by atoms with Crippen molar-refractivity contribution in [2.45, 2.75) is 26.5 Å². The van der Waals surface area contributed by atoms with E-state index in [4.69, 9.17) is 21.1 Å². The molecule has 5 heteroatoms. The molecule has 2 aromatic carbocycles. The molecule has 0 aliphatic carbocycles. The third-order valence-corrected chi connectivity index (χ3v) is 3.62. The molecule has 0 heterocycles. The van der Waals surface area contributed by atoms with Crippen molar-refractivity contribution in [3.63, 3.8) is 0 Å². The Hall–Kier alpha value is -2.46. The van der Waals surface area contributed by atoms with E-state index in [2.05, 4.69) is 5.32 Å². The first kappa shape index (κ1) is 18.9. The van der Waals surface area contributed by atoms with Crippen molar-refractivity contribution in [1.82, 2.24) is 5.32 Å². The Kier molecular flexibility index (Phi) is 6.90. The summed E-state index contributed by atoms with van der Waals surface area (Å²) >= 11 is 6.27. The fourth-order valence-electron chi connectivity index (χ4n) is 2.20. The first-order valence-corrected chi connectivity index (χ1v) is 8.41. The number of carbonyl (C=O) groups is 1. The van der Waals surface area contributed by atoms with Gasteiger partial charge in [0.2, 0.25) is 5.91 Å². The standard InChI is InChI=1S/C20H22ClNO3/c1-14(2)25-20-17(21)11-16(12-18(20)24-3)9-10-19(23)22-13-15-7-5-4-6-8-15/h4-12,14H,13H2,1-3H3,(H,22,23)/b10-9+. The molecule has 0 bridgehead atoms. The van der Waals surface area contributed by atoms with E-state index >= 15 is 0 Å². The zero-order valence-corrected chi connectivity index (χ0v) is 15.3. The molecule has 0 unspecified atom stereocenters. The molecular formula is C20H22ClNO3. The molecule has 25 heavy (non-hydrogen) atoms. The van der Waals surface area contributed by atoms with E-state index in [1.807, 2.05) is 44.2 Å². The monoisotopic (exact) mass is 359 g/mol. The zero-order chi connectivity index (χ0) is 18.2. The van der Waals surface area contributed by atoms with Crippen LogP contribution in [0.25, 0.3) is 6.08 Å². The Balaban J connectivity index is 2.04. The predicted molar refractivity (Wildman–Crippen MR) is 101 cm³/mol. The normalized spacial score (nSPS) is 10.9. The van der Waals surface area contributed by atoms with Gasteiger partial charge in [0.05, 0.1) is 18.2 Å². The first-order chi connectivity index (χ1) is 12.0. The van der Waals surface area contributed by atoms with Crippen LogP contribution in [0.15, 0.2) is 48.5 Å². The number of benzene rings is 2. The molecule has 132 valence electrons. The lowest BCUT2D eigenvalue weighted by Gasteiger charge is -2.15. The smallest absolute Gasteiger partial charge is 0.244 e. The van der Waals surface area contributed by atoms with E-state index in [9.17, 15) is 4.79 Å². The lowest BCUT2D eigenvalue weighted by molar-refractivity contribution is -0.116. The average molecular weight is 360 g/mol. The maximum Gasteiger partial charge on any atom is 0.244 e. The SMILES string of the molecule is COc1cc(/C=C/C(=O)NCc2ccccc2)cc(Cl)c1OC(C)C. The van der Waals surface area contributed by atoms with Crippen LogP contribution in [-0.4, -0.2) is 19.1 Å². The Morgan fingerprint density at radius 1 is 1.24 bits per heavy atom. The number of amides is 1. The number of hydrogen-bond donors (Lipinski definition) is 1. The van der Waals surface area contributed by atoms with Gasteiger partial charge in [-0.05, 0) is 43.2 Å². The maximum atomic E-state index is 12.0. The summed E-state index contributed by atoms with van der Waals surface area (Å²) in [6, 6.07) is 13.3. The molecule has 0 aliphatic rings. The van der Waals surface area contributed by atoms with Gasteiger partial charge < -0.3 is 14.8 Å². The molecule has 0 fully saturated rings. The van der Waals surface area contributed by atoms with Gasteiger partial charge >= 0.3 is 0 Å². The van der Waals surface area contributed by atoms with E-state index < -0.39 is 0 Å². The minimum absolute atomic E-state index is 0.0171. The van der Waals surface area contributed by atoms with Crippen molar-refractivity contribution < 1.29 is 14.3 Å². The summed E-state index contributed by atoms with van der Waals surface area (Å²) in [5.41, 5.74) is 1.80. The average Bonchev–Trinajstić information content (AvgIpc) is 2.60. The van der Waals surface area contributed by atoms with Crippen LogP contribution in [-0.2, 0) is 11.3 Å². The van der Waals surface area contributed by atoms with Crippen LogP contribution in [0.5, 0.6) is 11.5 Å². The van der Waals surface area contributed by atoms with E-state index in [1.165, 1.54) is 6.08 Å². The van der Waals surface area contributed by atoms with Crippen molar-refractivity contribution >= 4 is 23.6 Å². The second-order valence-electron chi connectivity index (χ2n) is 5.74. The minimum Gasteiger partial charge on any atom is -0.493 e. The number of nitrogens with one attached hydrogen (secondary N) is 1. The van der Waals surface area contributed by atoms with Crippen LogP contribution in [0.4, 0.5) is 0 Å². The topological polar surface area (TPSA) is 47.6 Å². The van der Waals surface area contributed by atoms with E-state index in [1.54, 1.807) is 25.3 Å². The molecule has 2 aromatic rings. The number of carbonyl (C=O) groups excluding carboxylic acids is 1. The second-order valence-corrected chi connectivity index (χ2v) is 6.14. The number of halogens is 1. The summed E-state index contributed by atoms with van der Waals surface area (Å²) in [7, 11) is 1.55. The van der Waals surface area contributed by atoms with Crippen molar-refractivity contribution in [2.24, 2.45) is 0 Å². The molecule has 1 amide bonds. The van der Waals surface area contributed by atoms with Crippen molar-refractivity contribution in [2.75, 3.05) is 7.11 Å². The van der Waals surface area contributed by atoms with Gasteiger partial charge in [-0.2, -0.15) is 0 Å². The molecule has 0 saturated carbocycles. The Labute approximate surface area is 153 Å². The molecule has 0 spiro atoms. The van der Waals surface area contributed by atoms with E-state index in [0.717, 1.165) is 11.1 Å². The molecular weight excluding hydrogens is 338 g/mol. The largest absolute Gasteiger partial charge is 0.493 e. The maximum absolute atomic E-state index is 12.0. The molecule has 0 radical (unpaired) electrons. The highest BCUT2D eigenvalue weighted by Gasteiger charge is 2.12. The Morgan fingerprint density at radius 2 is 1.96 bits per heavy atom. The zero-order valence-electron chi connectivity index (χ0n) is 14.6. The minimum atomic E-state index is -0.179. The predicted octanol–water partition coefficient (Wildman–Crippen LogP) is 4.47. The number of methoxy groups -OCH3 is 1. The van der Waals surface area contributed by atoms with Crippen LogP contribution in [0, 0.1) is 0 Å². The molecule has 2 rings (SSSR count). The second kappa shape index (κ2) is 9.14. The summed E-state index contributed by atoms with van der Waals surface area (Å²) in [6.07, 6.45) is 3.14. The van der Waals surface area contributed by atoms with E-state index in [0.29, 0.717) is 23.1 Å². The molecule has 0 aliphatic heterocycles. The first-order valence-electron chi connectivity index (χ1n) is 8.03. The van der Waals surface area contributed by atoms with Gasteiger partial charge in [-0.25, -0.2) is 0 Å². The fourth-order valence-corrected chi connectivity index (χ4v) is 2.47. The van der Waals surface area contributed by atoms with Gasteiger partial charge in [0.15, 0.2) is 11.5 Å². The van der Waals surface area contributed by atoms with Gasteiger partial charge in [0, 0.05) is 12.6 Å². The molecule has 0 saturated heterocycles. The lowest BCUT2D eigenvalue weighted by Crippen LogP contribution is -2.20. The van der Waals surface area contributed by atoms with Crippen LogP contribution < -0.4 is 14.8 Å². The summed E-state index contributed by atoms with van der Waals surface area (Å²) < 4.78 is 11.0. The fraction of sp³-hybridized carbons (Fsp3) is 0.250. The quantitative estimate of drug-likeness (QED) is 0.742. The van der Waals surface area contributed by atoms with Gasteiger partial charge in [0.1, 0.15) is 0 Å². The highest BCUT2D eigenvalue weighted by Crippen LogP contribution is 2.37. The number of rotatable bonds is 7. The number of hydrogen-bond acceptors (Lipinski definition) is 3. The highest BCUT2D eigenvalue weighted by molar-refractivity contribution is 6.32. The summed E-state index contributed by atoms with van der Waals surface area (Å²) in [5.74, 6) is 0.858. The van der Waals surface area contributed by atoms with Crippen LogP contribution in [0.2, 0.25) is 5.02 Å². The number of ether oxygens (including phenoxy) is 2. The third kappa shape index (κ3) is 5.84.